The van der Waals surface area contributed by atoms with Crippen LogP contribution in [0.15, 0.2) is 18.3 Å². The molecule has 1 atom stereocenters. The van der Waals surface area contributed by atoms with Gasteiger partial charge in [-0.15, -0.1) is 0 Å². The standard InChI is InChI=1S/C13H16F4N2O/c1-3-19(8-13(15,16)17)7-9(2)12(20)11-5-4-10(14)6-18-11/h4-6,9H,3,7-8H2,1-2H3. The van der Waals surface area contributed by atoms with Crippen LogP contribution in [0.1, 0.15) is 24.3 Å². The number of hydrogen-bond acceptors (Lipinski definition) is 3. The zero-order valence-corrected chi connectivity index (χ0v) is 11.2. The summed E-state index contributed by atoms with van der Waals surface area (Å²) in [6.45, 7) is 2.24. The molecule has 1 heterocycles. The van der Waals surface area contributed by atoms with E-state index >= 15 is 0 Å². The van der Waals surface area contributed by atoms with Gasteiger partial charge in [-0.2, -0.15) is 13.2 Å². The smallest absolute Gasteiger partial charge is 0.295 e. The number of pyridine rings is 1. The second-order valence-electron chi connectivity index (χ2n) is 4.57. The third-order valence-electron chi connectivity index (χ3n) is 2.81. The van der Waals surface area contributed by atoms with Gasteiger partial charge in [0.2, 0.25) is 0 Å². The van der Waals surface area contributed by atoms with Crippen molar-refractivity contribution in [2.24, 2.45) is 5.92 Å². The van der Waals surface area contributed by atoms with Gasteiger partial charge in [-0.25, -0.2) is 4.39 Å². The number of rotatable bonds is 6. The minimum Gasteiger partial charge on any atom is -0.295 e. The highest BCUT2D eigenvalue weighted by Crippen LogP contribution is 2.18. The van der Waals surface area contributed by atoms with Gasteiger partial charge in [0.15, 0.2) is 5.78 Å². The summed E-state index contributed by atoms with van der Waals surface area (Å²) in [5.74, 6) is -1.61. The first-order valence-corrected chi connectivity index (χ1v) is 6.17. The molecule has 112 valence electrons. The molecule has 0 spiro atoms. The van der Waals surface area contributed by atoms with Crippen LogP contribution in [0, 0.1) is 11.7 Å². The molecule has 1 aromatic heterocycles. The number of carbonyl (C=O) groups is 1. The van der Waals surface area contributed by atoms with Crippen molar-refractivity contribution in [1.29, 1.82) is 0 Å². The van der Waals surface area contributed by atoms with Gasteiger partial charge in [0.05, 0.1) is 12.7 Å². The summed E-state index contributed by atoms with van der Waals surface area (Å²) < 4.78 is 49.7. The van der Waals surface area contributed by atoms with E-state index in [1.54, 1.807) is 6.92 Å². The Kier molecular flexibility index (Phi) is 5.62. The molecule has 1 aromatic rings. The molecular formula is C13H16F4N2O. The Morgan fingerprint density at radius 2 is 2.05 bits per heavy atom. The van der Waals surface area contributed by atoms with Crippen molar-refractivity contribution < 1.29 is 22.4 Å². The average molecular weight is 292 g/mol. The summed E-state index contributed by atoms with van der Waals surface area (Å²) in [7, 11) is 0. The number of nitrogens with zero attached hydrogens (tertiary/aromatic N) is 2. The molecule has 0 aliphatic carbocycles. The minimum atomic E-state index is -4.30. The second kappa shape index (κ2) is 6.78. The van der Waals surface area contributed by atoms with E-state index in [9.17, 15) is 22.4 Å². The minimum absolute atomic E-state index is 0.0199. The predicted octanol–water partition coefficient (Wildman–Crippen LogP) is 2.92. The summed E-state index contributed by atoms with van der Waals surface area (Å²) in [5.41, 5.74) is 0.0574. The second-order valence-corrected chi connectivity index (χ2v) is 4.57. The zero-order valence-electron chi connectivity index (χ0n) is 11.2. The van der Waals surface area contributed by atoms with Crippen molar-refractivity contribution in [1.82, 2.24) is 9.88 Å². The maximum Gasteiger partial charge on any atom is 0.401 e. The van der Waals surface area contributed by atoms with E-state index in [-0.39, 0.29) is 18.8 Å². The third kappa shape index (κ3) is 5.24. The highest BCUT2D eigenvalue weighted by atomic mass is 19.4. The number of hydrogen-bond donors (Lipinski definition) is 0. The lowest BCUT2D eigenvalue weighted by molar-refractivity contribution is -0.146. The van der Waals surface area contributed by atoms with Gasteiger partial charge >= 0.3 is 6.18 Å². The molecule has 0 bridgehead atoms. The van der Waals surface area contributed by atoms with Crippen molar-refractivity contribution >= 4 is 5.78 Å². The number of carbonyl (C=O) groups excluding carboxylic acids is 1. The summed E-state index contributed by atoms with van der Waals surface area (Å²) in [5, 5.41) is 0. The fraction of sp³-hybridized carbons (Fsp3) is 0.538. The molecule has 7 heteroatoms. The van der Waals surface area contributed by atoms with E-state index < -0.39 is 30.2 Å². The Labute approximate surface area is 114 Å². The first kappa shape index (κ1) is 16.6. The molecule has 0 aliphatic rings. The first-order chi connectivity index (χ1) is 9.23. The van der Waals surface area contributed by atoms with Crippen LogP contribution in [-0.2, 0) is 0 Å². The van der Waals surface area contributed by atoms with Gasteiger partial charge in [-0.05, 0) is 18.7 Å². The van der Waals surface area contributed by atoms with Crippen molar-refractivity contribution in [3.63, 3.8) is 0 Å². The first-order valence-electron chi connectivity index (χ1n) is 6.17. The molecule has 0 N–H and O–H groups in total. The fourth-order valence-corrected chi connectivity index (χ4v) is 1.80. The largest absolute Gasteiger partial charge is 0.401 e. The van der Waals surface area contributed by atoms with E-state index in [1.807, 2.05) is 0 Å². The van der Waals surface area contributed by atoms with Crippen molar-refractivity contribution in [3.05, 3.63) is 29.8 Å². The molecule has 0 saturated heterocycles. The Morgan fingerprint density at radius 3 is 2.50 bits per heavy atom. The maximum absolute atomic E-state index is 12.7. The van der Waals surface area contributed by atoms with Crippen molar-refractivity contribution in [2.75, 3.05) is 19.6 Å². The average Bonchev–Trinajstić information content (AvgIpc) is 2.36. The van der Waals surface area contributed by atoms with Crippen LogP contribution in [-0.4, -0.2) is 41.5 Å². The molecular weight excluding hydrogens is 276 g/mol. The van der Waals surface area contributed by atoms with Crippen LogP contribution in [0.25, 0.3) is 0 Å². The summed E-state index contributed by atoms with van der Waals surface area (Å²) in [6, 6.07) is 2.33. The van der Waals surface area contributed by atoms with Crippen LogP contribution < -0.4 is 0 Å². The van der Waals surface area contributed by atoms with E-state index in [2.05, 4.69) is 4.98 Å². The maximum atomic E-state index is 12.7. The fourth-order valence-electron chi connectivity index (χ4n) is 1.80. The zero-order chi connectivity index (χ0) is 15.3. The van der Waals surface area contributed by atoms with E-state index in [0.717, 1.165) is 17.2 Å². The highest BCUT2D eigenvalue weighted by molar-refractivity contribution is 5.95. The lowest BCUT2D eigenvalue weighted by Gasteiger charge is -2.24. The van der Waals surface area contributed by atoms with Crippen molar-refractivity contribution in [2.45, 2.75) is 20.0 Å². The molecule has 0 aromatic carbocycles. The van der Waals surface area contributed by atoms with Crippen LogP contribution in [0.3, 0.4) is 0 Å². The van der Waals surface area contributed by atoms with E-state index in [4.69, 9.17) is 0 Å². The summed E-state index contributed by atoms with van der Waals surface area (Å²) >= 11 is 0. The summed E-state index contributed by atoms with van der Waals surface area (Å²) in [4.78, 5) is 16.8. The monoisotopic (exact) mass is 292 g/mol. The predicted molar refractivity (Wildman–Crippen MR) is 65.9 cm³/mol. The molecule has 1 unspecified atom stereocenters. The topological polar surface area (TPSA) is 33.2 Å². The summed E-state index contributed by atoms with van der Waals surface area (Å²) in [6.07, 6.45) is -3.39. The molecule has 0 radical (unpaired) electrons. The Bertz CT molecular complexity index is 445. The van der Waals surface area contributed by atoms with E-state index in [0.29, 0.717) is 0 Å². The van der Waals surface area contributed by atoms with Gasteiger partial charge in [-0.1, -0.05) is 13.8 Å². The SMILES string of the molecule is CCN(CC(C)C(=O)c1ccc(F)cn1)CC(F)(F)F. The van der Waals surface area contributed by atoms with Crippen LogP contribution in [0.4, 0.5) is 17.6 Å². The Morgan fingerprint density at radius 1 is 1.40 bits per heavy atom. The molecule has 1 rings (SSSR count). The lowest BCUT2D eigenvalue weighted by Crippen LogP contribution is -2.38. The lowest BCUT2D eigenvalue weighted by atomic mass is 10.0. The molecule has 0 aliphatic heterocycles. The van der Waals surface area contributed by atoms with Crippen molar-refractivity contribution in [3.8, 4) is 0 Å². The van der Waals surface area contributed by atoms with Gasteiger partial charge in [-0.3, -0.25) is 14.7 Å². The number of aromatic nitrogens is 1. The van der Waals surface area contributed by atoms with Gasteiger partial charge in [0.25, 0.3) is 0 Å². The number of Topliss-reactive ketones (excluding diaryl/α,β-unsaturated/α-hetero) is 1. The Balaban J connectivity index is 2.66. The van der Waals surface area contributed by atoms with Crippen LogP contribution >= 0.6 is 0 Å². The third-order valence-corrected chi connectivity index (χ3v) is 2.81. The van der Waals surface area contributed by atoms with E-state index in [1.165, 1.54) is 13.0 Å². The number of alkyl halides is 3. The molecule has 0 amide bonds. The normalized spacial score (nSPS) is 13.6. The van der Waals surface area contributed by atoms with Gasteiger partial charge in [0, 0.05) is 12.5 Å². The number of ketones is 1. The number of halogens is 4. The molecule has 20 heavy (non-hydrogen) atoms. The molecule has 0 saturated carbocycles. The quantitative estimate of drug-likeness (QED) is 0.597. The molecule has 0 fully saturated rings. The van der Waals surface area contributed by atoms with Gasteiger partial charge < -0.3 is 0 Å². The van der Waals surface area contributed by atoms with Crippen LogP contribution in [0.5, 0.6) is 0 Å². The van der Waals surface area contributed by atoms with Crippen LogP contribution in [0.2, 0.25) is 0 Å². The molecule has 3 nitrogen and oxygen atoms in total. The highest BCUT2D eigenvalue weighted by Gasteiger charge is 2.31. The van der Waals surface area contributed by atoms with Gasteiger partial charge in [0.1, 0.15) is 11.5 Å². The Hall–Kier alpha value is -1.50.